The van der Waals surface area contributed by atoms with E-state index >= 15 is 0 Å². The zero-order chi connectivity index (χ0) is 14.3. The lowest BCUT2D eigenvalue weighted by Crippen LogP contribution is -1.88. The summed E-state index contributed by atoms with van der Waals surface area (Å²) in [4.78, 5) is 9.45. The fourth-order valence-electron chi connectivity index (χ4n) is 1.71. The van der Waals surface area contributed by atoms with E-state index in [9.17, 15) is 0 Å². The number of anilines is 1. The van der Waals surface area contributed by atoms with Crippen molar-refractivity contribution >= 4 is 39.5 Å². The lowest BCUT2D eigenvalue weighted by molar-refractivity contribution is 0.432. The molecule has 2 N–H and O–H groups in total. The molecule has 0 bridgehead atoms. The molecule has 0 aliphatic rings. The van der Waals surface area contributed by atoms with Crippen molar-refractivity contribution in [3.8, 4) is 23.0 Å². The highest BCUT2D eigenvalue weighted by Crippen LogP contribution is 2.34. The monoisotopic (exact) mass is 326 g/mol. The highest BCUT2D eigenvalue weighted by atomic mass is 35.5. The van der Waals surface area contributed by atoms with Gasteiger partial charge in [-0.15, -0.1) is 11.3 Å². The molecule has 0 aromatic carbocycles. The molecule has 0 aliphatic heterocycles. The smallest absolute Gasteiger partial charge is 0.261 e. The number of nitrogens with two attached hydrogens (primary N) is 1. The van der Waals surface area contributed by atoms with Gasteiger partial charge < -0.3 is 10.3 Å². The van der Waals surface area contributed by atoms with Crippen molar-refractivity contribution in [1.29, 1.82) is 0 Å². The predicted molar refractivity (Wildman–Crippen MR) is 80.0 cm³/mol. The number of pyridine rings is 1. The number of hydrogen-bond acceptors (Lipinski definition) is 6. The molecule has 0 aliphatic carbocycles. The van der Waals surface area contributed by atoms with Crippen LogP contribution in [0, 0.1) is 6.92 Å². The minimum atomic E-state index is 0.296. The lowest BCUT2D eigenvalue weighted by atomic mass is 10.3. The average molecular weight is 327 g/mol. The van der Waals surface area contributed by atoms with Crippen molar-refractivity contribution in [3.63, 3.8) is 0 Å². The van der Waals surface area contributed by atoms with Crippen LogP contribution in [0.1, 0.15) is 4.88 Å². The van der Waals surface area contributed by atoms with Crippen LogP contribution in [0.3, 0.4) is 0 Å². The van der Waals surface area contributed by atoms with Crippen molar-refractivity contribution < 1.29 is 4.52 Å². The quantitative estimate of drug-likeness (QED) is 0.768. The molecule has 0 unspecified atom stereocenters. The second kappa shape index (κ2) is 5.05. The van der Waals surface area contributed by atoms with E-state index in [4.69, 9.17) is 33.5 Å². The van der Waals surface area contributed by atoms with Crippen molar-refractivity contribution in [2.75, 3.05) is 5.73 Å². The van der Waals surface area contributed by atoms with Gasteiger partial charge in [0.25, 0.3) is 5.89 Å². The van der Waals surface area contributed by atoms with Crippen LogP contribution in [0.15, 0.2) is 22.9 Å². The molecule has 20 heavy (non-hydrogen) atoms. The van der Waals surface area contributed by atoms with Gasteiger partial charge in [0.15, 0.2) is 0 Å². The molecule has 3 heterocycles. The van der Waals surface area contributed by atoms with Crippen LogP contribution in [0.25, 0.3) is 23.0 Å². The average Bonchev–Trinajstić information content (AvgIpc) is 2.96. The molecule has 3 aromatic heterocycles. The zero-order valence-corrected chi connectivity index (χ0v) is 12.6. The molecule has 102 valence electrons. The number of thiophene rings is 1. The maximum atomic E-state index is 6.06. The normalized spacial score (nSPS) is 10.9. The highest BCUT2D eigenvalue weighted by molar-refractivity contribution is 7.16. The number of nitrogens with zero attached hydrogens (tertiary/aromatic N) is 3. The van der Waals surface area contributed by atoms with Gasteiger partial charge in [-0.1, -0.05) is 28.4 Å². The molecular formula is C12H8Cl2N4OS. The SMILES string of the molecule is Cc1cc(-c2nc(-c3ncc(Cl)cc3Cl)no2)c(N)s1. The largest absolute Gasteiger partial charge is 0.390 e. The van der Waals surface area contributed by atoms with Crippen molar-refractivity contribution in [3.05, 3.63) is 33.3 Å². The van der Waals surface area contributed by atoms with E-state index in [2.05, 4.69) is 15.1 Å². The summed E-state index contributed by atoms with van der Waals surface area (Å²) >= 11 is 13.3. The van der Waals surface area contributed by atoms with Gasteiger partial charge in [-0.3, -0.25) is 0 Å². The van der Waals surface area contributed by atoms with Crippen LogP contribution < -0.4 is 5.73 Å². The fourth-order valence-corrected chi connectivity index (χ4v) is 2.95. The van der Waals surface area contributed by atoms with Gasteiger partial charge in [-0.2, -0.15) is 4.98 Å². The summed E-state index contributed by atoms with van der Waals surface area (Å²) in [6, 6.07) is 3.47. The number of aryl methyl sites for hydroxylation is 1. The highest BCUT2D eigenvalue weighted by Gasteiger charge is 2.17. The molecule has 0 amide bonds. The third-order valence-electron chi connectivity index (χ3n) is 2.56. The Kier molecular flexibility index (Phi) is 3.37. The Morgan fingerprint density at radius 2 is 2.10 bits per heavy atom. The number of nitrogen functional groups attached to an aromatic ring is 1. The van der Waals surface area contributed by atoms with Crippen LogP contribution >= 0.6 is 34.5 Å². The van der Waals surface area contributed by atoms with Crippen LogP contribution in [0.5, 0.6) is 0 Å². The number of hydrogen-bond donors (Lipinski definition) is 1. The Labute approximate surface area is 128 Å². The minimum absolute atomic E-state index is 0.296. The first kappa shape index (κ1) is 13.4. The summed E-state index contributed by atoms with van der Waals surface area (Å²) in [7, 11) is 0. The van der Waals surface area contributed by atoms with Crippen molar-refractivity contribution in [2.24, 2.45) is 0 Å². The zero-order valence-electron chi connectivity index (χ0n) is 10.2. The van der Waals surface area contributed by atoms with Crippen LogP contribution in [0.4, 0.5) is 5.00 Å². The van der Waals surface area contributed by atoms with E-state index in [0.717, 1.165) is 10.4 Å². The van der Waals surface area contributed by atoms with Gasteiger partial charge in [0, 0.05) is 11.1 Å². The van der Waals surface area contributed by atoms with Gasteiger partial charge in [-0.05, 0) is 19.1 Å². The molecule has 0 saturated carbocycles. The van der Waals surface area contributed by atoms with E-state index in [1.165, 1.54) is 17.5 Å². The second-order valence-corrected chi connectivity index (χ2v) is 6.17. The Morgan fingerprint density at radius 3 is 2.75 bits per heavy atom. The Bertz CT molecular complexity index is 784. The first-order valence-corrected chi connectivity index (χ1v) is 7.13. The second-order valence-electron chi connectivity index (χ2n) is 4.04. The van der Waals surface area contributed by atoms with Crippen molar-refractivity contribution in [2.45, 2.75) is 6.92 Å². The van der Waals surface area contributed by atoms with Crippen LogP contribution in [-0.2, 0) is 0 Å². The number of aromatic nitrogens is 3. The van der Waals surface area contributed by atoms with E-state index in [-0.39, 0.29) is 0 Å². The summed E-state index contributed by atoms with van der Waals surface area (Å²) in [5.74, 6) is 0.639. The van der Waals surface area contributed by atoms with E-state index in [1.54, 1.807) is 6.07 Å². The Hall–Kier alpha value is -1.63. The number of rotatable bonds is 2. The molecule has 0 spiro atoms. The minimum Gasteiger partial charge on any atom is -0.390 e. The van der Waals surface area contributed by atoms with Crippen molar-refractivity contribution in [1.82, 2.24) is 15.1 Å². The van der Waals surface area contributed by atoms with Gasteiger partial charge in [0.1, 0.15) is 5.69 Å². The summed E-state index contributed by atoms with van der Waals surface area (Å²) in [6.45, 7) is 1.96. The molecule has 5 nitrogen and oxygen atoms in total. The first-order valence-electron chi connectivity index (χ1n) is 5.56. The van der Waals surface area contributed by atoms with Gasteiger partial charge in [0.2, 0.25) is 5.82 Å². The van der Waals surface area contributed by atoms with E-state index in [1.807, 2.05) is 13.0 Å². The molecule has 8 heteroatoms. The molecular weight excluding hydrogens is 319 g/mol. The molecule has 0 fully saturated rings. The first-order chi connectivity index (χ1) is 9.54. The summed E-state index contributed by atoms with van der Waals surface area (Å²) in [5, 5.41) is 5.31. The summed E-state index contributed by atoms with van der Waals surface area (Å²) < 4.78 is 5.22. The van der Waals surface area contributed by atoms with Gasteiger partial charge >= 0.3 is 0 Å². The van der Waals surface area contributed by atoms with Crippen LogP contribution in [0.2, 0.25) is 10.0 Å². The van der Waals surface area contributed by atoms with Gasteiger partial charge in [0.05, 0.1) is 20.6 Å². The molecule has 3 aromatic rings. The predicted octanol–water partition coefficient (Wildman–Crippen LogP) is 4.06. The van der Waals surface area contributed by atoms with Gasteiger partial charge in [-0.25, -0.2) is 4.98 Å². The third kappa shape index (κ3) is 2.37. The van der Waals surface area contributed by atoms with E-state index < -0.39 is 0 Å². The topological polar surface area (TPSA) is 77.8 Å². The Morgan fingerprint density at radius 1 is 1.30 bits per heavy atom. The third-order valence-corrected chi connectivity index (χ3v) is 3.93. The molecule has 0 atom stereocenters. The molecule has 0 saturated heterocycles. The molecule has 0 radical (unpaired) electrons. The summed E-state index contributed by atoms with van der Waals surface area (Å²) in [5.41, 5.74) is 7.04. The standard InChI is InChI=1S/C12H8Cl2N4OS/c1-5-2-7(10(15)20-5)12-17-11(18-19-12)9-8(14)3-6(13)4-16-9/h2-4H,15H2,1H3. The fraction of sp³-hybridized carbons (Fsp3) is 0.0833. The number of halogens is 2. The van der Waals surface area contributed by atoms with E-state index in [0.29, 0.717) is 32.5 Å². The lowest BCUT2D eigenvalue weighted by Gasteiger charge is -1.97. The van der Waals surface area contributed by atoms with Crippen LogP contribution in [-0.4, -0.2) is 15.1 Å². The molecule has 3 rings (SSSR count). The maximum Gasteiger partial charge on any atom is 0.261 e. The summed E-state index contributed by atoms with van der Waals surface area (Å²) in [6.07, 6.45) is 1.47. The maximum absolute atomic E-state index is 6.06. The Balaban J connectivity index is 2.04.